The number of esters is 1. The van der Waals surface area contributed by atoms with Crippen molar-refractivity contribution in [1.29, 1.82) is 0 Å². The number of amides is 1. The van der Waals surface area contributed by atoms with Gasteiger partial charge in [0.15, 0.2) is 0 Å². The summed E-state index contributed by atoms with van der Waals surface area (Å²) in [6, 6.07) is 3.63. The van der Waals surface area contributed by atoms with Crippen LogP contribution < -0.4 is 11.1 Å². The molecule has 1 aromatic rings. The summed E-state index contributed by atoms with van der Waals surface area (Å²) in [5, 5.41) is 2.79. The minimum Gasteiger partial charge on any atom is -0.467 e. The van der Waals surface area contributed by atoms with Crippen LogP contribution in [0.5, 0.6) is 0 Å². The van der Waals surface area contributed by atoms with E-state index in [-0.39, 0.29) is 40.8 Å². The van der Waals surface area contributed by atoms with E-state index in [1.165, 1.54) is 19.2 Å². The van der Waals surface area contributed by atoms with E-state index in [2.05, 4.69) is 10.1 Å². The molecule has 0 unspecified atom stereocenters. The van der Waals surface area contributed by atoms with Crippen molar-refractivity contribution < 1.29 is 19.1 Å². The molecule has 0 aliphatic heterocycles. The third-order valence-corrected chi connectivity index (χ3v) is 3.55. The number of Topliss-reactive ketones (excluding diaryl/α,β-unsaturated/α-hetero) is 1. The number of carbonyl (C=O) groups excluding carboxylic acids is 3. The highest BCUT2D eigenvalue weighted by molar-refractivity contribution is 6.39. The molecule has 0 spiro atoms. The van der Waals surface area contributed by atoms with E-state index < -0.39 is 17.9 Å². The third-order valence-electron chi connectivity index (χ3n) is 2.92. The molecule has 1 atom stereocenters. The number of carbonyl (C=O) groups is 3. The fraction of sp³-hybridized carbons (Fsp3) is 0.357. The summed E-state index contributed by atoms with van der Waals surface area (Å²) >= 11 is 11.9. The number of hydrogen-bond acceptors (Lipinski definition) is 5. The number of rotatable bonds is 7. The van der Waals surface area contributed by atoms with Crippen LogP contribution in [0.4, 0.5) is 0 Å². The molecule has 0 aliphatic carbocycles. The fourth-order valence-corrected chi connectivity index (χ4v) is 2.31. The van der Waals surface area contributed by atoms with Crippen LogP contribution in [0, 0.1) is 0 Å². The van der Waals surface area contributed by atoms with Crippen molar-refractivity contribution in [3.8, 4) is 0 Å². The van der Waals surface area contributed by atoms with Crippen molar-refractivity contribution in [2.24, 2.45) is 5.73 Å². The SMILES string of the molecule is COC(=O)[C@H](CCC(=O)CN)NC(=O)c1c(Cl)cccc1Cl. The Kier molecular flexibility index (Phi) is 7.31. The van der Waals surface area contributed by atoms with E-state index in [1.54, 1.807) is 6.07 Å². The first-order chi connectivity index (χ1) is 10.4. The van der Waals surface area contributed by atoms with Crippen LogP contribution in [0.2, 0.25) is 10.0 Å². The number of hydrogen-bond donors (Lipinski definition) is 2. The summed E-state index contributed by atoms with van der Waals surface area (Å²) < 4.78 is 4.61. The Morgan fingerprint density at radius 3 is 2.36 bits per heavy atom. The molecular formula is C14H16Cl2N2O4. The van der Waals surface area contributed by atoms with Gasteiger partial charge in [-0.05, 0) is 18.6 Å². The Morgan fingerprint density at radius 2 is 1.86 bits per heavy atom. The van der Waals surface area contributed by atoms with Gasteiger partial charge < -0.3 is 15.8 Å². The van der Waals surface area contributed by atoms with Gasteiger partial charge in [-0.25, -0.2) is 4.79 Å². The first-order valence-electron chi connectivity index (χ1n) is 6.45. The lowest BCUT2D eigenvalue weighted by Crippen LogP contribution is -2.42. The predicted molar refractivity (Wildman–Crippen MR) is 83.0 cm³/mol. The number of ether oxygens (including phenoxy) is 1. The molecule has 22 heavy (non-hydrogen) atoms. The van der Waals surface area contributed by atoms with E-state index in [9.17, 15) is 14.4 Å². The molecule has 0 saturated heterocycles. The number of nitrogens with two attached hydrogens (primary N) is 1. The standard InChI is InChI=1S/C14H16Cl2N2O4/c1-22-14(21)11(6-5-8(19)7-17)18-13(20)12-9(15)3-2-4-10(12)16/h2-4,11H,5-7,17H2,1H3,(H,18,20)/t11-/m0/s1. The van der Waals surface area contributed by atoms with Crippen LogP contribution in [0.3, 0.4) is 0 Å². The summed E-state index contributed by atoms with van der Waals surface area (Å²) in [6.45, 7) is -0.127. The van der Waals surface area contributed by atoms with Crippen LogP contribution in [0.25, 0.3) is 0 Å². The van der Waals surface area contributed by atoms with Gasteiger partial charge >= 0.3 is 5.97 Å². The molecule has 0 fully saturated rings. The highest BCUT2D eigenvalue weighted by Gasteiger charge is 2.24. The second-order valence-electron chi connectivity index (χ2n) is 4.43. The smallest absolute Gasteiger partial charge is 0.328 e. The molecule has 0 aromatic heterocycles. The molecule has 0 radical (unpaired) electrons. The van der Waals surface area contributed by atoms with E-state index >= 15 is 0 Å². The molecule has 8 heteroatoms. The summed E-state index contributed by atoms with van der Waals surface area (Å²) in [5.74, 6) is -1.51. The minimum absolute atomic E-state index is 0.0484. The van der Waals surface area contributed by atoms with Crippen LogP contribution in [-0.4, -0.2) is 37.4 Å². The Hall–Kier alpha value is -1.63. The highest BCUT2D eigenvalue weighted by Crippen LogP contribution is 2.24. The Balaban J connectivity index is 2.87. The molecule has 120 valence electrons. The number of halogens is 2. The largest absolute Gasteiger partial charge is 0.467 e. The molecular weight excluding hydrogens is 331 g/mol. The van der Waals surface area contributed by atoms with E-state index in [1.807, 2.05) is 0 Å². The zero-order chi connectivity index (χ0) is 16.7. The van der Waals surface area contributed by atoms with Crippen molar-refractivity contribution in [3.05, 3.63) is 33.8 Å². The molecule has 1 rings (SSSR count). The topological polar surface area (TPSA) is 98.5 Å². The van der Waals surface area contributed by atoms with Crippen LogP contribution in [-0.2, 0) is 14.3 Å². The van der Waals surface area contributed by atoms with Crippen molar-refractivity contribution >= 4 is 40.9 Å². The van der Waals surface area contributed by atoms with Gasteiger partial charge in [0.2, 0.25) is 0 Å². The third kappa shape index (κ3) is 4.98. The van der Waals surface area contributed by atoms with E-state index in [0.29, 0.717) is 0 Å². The average Bonchev–Trinajstić information content (AvgIpc) is 2.49. The van der Waals surface area contributed by atoms with E-state index in [0.717, 1.165) is 0 Å². The van der Waals surface area contributed by atoms with Gasteiger partial charge in [-0.3, -0.25) is 9.59 Å². The zero-order valence-corrected chi connectivity index (χ0v) is 13.4. The summed E-state index contributed by atoms with van der Waals surface area (Å²) in [5.41, 5.74) is 5.27. The molecule has 0 bridgehead atoms. The zero-order valence-electron chi connectivity index (χ0n) is 11.9. The van der Waals surface area contributed by atoms with Crippen LogP contribution in [0.1, 0.15) is 23.2 Å². The Morgan fingerprint density at radius 1 is 1.27 bits per heavy atom. The van der Waals surface area contributed by atoms with Gasteiger partial charge in [0.1, 0.15) is 11.8 Å². The lowest BCUT2D eigenvalue weighted by atomic mass is 10.1. The van der Waals surface area contributed by atoms with E-state index in [4.69, 9.17) is 28.9 Å². The van der Waals surface area contributed by atoms with Gasteiger partial charge in [-0.1, -0.05) is 29.3 Å². The van der Waals surface area contributed by atoms with Crippen molar-refractivity contribution in [2.75, 3.05) is 13.7 Å². The molecule has 1 amide bonds. The molecule has 1 aromatic carbocycles. The maximum atomic E-state index is 12.2. The maximum absolute atomic E-state index is 12.2. The maximum Gasteiger partial charge on any atom is 0.328 e. The number of methoxy groups -OCH3 is 1. The molecule has 3 N–H and O–H groups in total. The summed E-state index contributed by atoms with van der Waals surface area (Å²) in [7, 11) is 1.19. The van der Waals surface area contributed by atoms with Crippen molar-refractivity contribution in [1.82, 2.24) is 5.32 Å². The van der Waals surface area contributed by atoms with Gasteiger partial charge in [0.05, 0.1) is 29.3 Å². The predicted octanol–water partition coefficient (Wildman–Crippen LogP) is 1.57. The number of benzene rings is 1. The number of nitrogens with one attached hydrogen (secondary N) is 1. The molecule has 6 nitrogen and oxygen atoms in total. The highest BCUT2D eigenvalue weighted by atomic mass is 35.5. The monoisotopic (exact) mass is 346 g/mol. The van der Waals surface area contributed by atoms with Gasteiger partial charge in [0, 0.05) is 6.42 Å². The second kappa shape index (κ2) is 8.73. The lowest BCUT2D eigenvalue weighted by Gasteiger charge is -2.17. The molecule has 0 heterocycles. The average molecular weight is 347 g/mol. The quantitative estimate of drug-likeness (QED) is 0.730. The van der Waals surface area contributed by atoms with Crippen LogP contribution in [0.15, 0.2) is 18.2 Å². The Bertz CT molecular complexity index is 558. The fourth-order valence-electron chi connectivity index (χ4n) is 1.74. The normalized spacial score (nSPS) is 11.6. The number of ketones is 1. The Labute approximate surface area is 137 Å². The molecule has 0 aliphatic rings. The van der Waals surface area contributed by atoms with Crippen molar-refractivity contribution in [3.63, 3.8) is 0 Å². The molecule has 0 saturated carbocycles. The first kappa shape index (κ1) is 18.4. The lowest BCUT2D eigenvalue weighted by molar-refractivity contribution is -0.143. The van der Waals surface area contributed by atoms with Gasteiger partial charge in [-0.2, -0.15) is 0 Å². The summed E-state index contributed by atoms with van der Waals surface area (Å²) in [4.78, 5) is 35.2. The first-order valence-corrected chi connectivity index (χ1v) is 7.20. The minimum atomic E-state index is -0.986. The van der Waals surface area contributed by atoms with Crippen molar-refractivity contribution in [2.45, 2.75) is 18.9 Å². The summed E-state index contributed by atoms with van der Waals surface area (Å²) in [6.07, 6.45) is 0.128. The van der Waals surface area contributed by atoms with Crippen LogP contribution >= 0.6 is 23.2 Å². The van der Waals surface area contributed by atoms with Gasteiger partial charge in [-0.15, -0.1) is 0 Å². The second-order valence-corrected chi connectivity index (χ2v) is 5.24. The van der Waals surface area contributed by atoms with Gasteiger partial charge in [0.25, 0.3) is 5.91 Å².